The van der Waals surface area contributed by atoms with Crippen LogP contribution < -0.4 is 11.0 Å². The van der Waals surface area contributed by atoms with Crippen LogP contribution >= 0.6 is 0 Å². The fourth-order valence-corrected chi connectivity index (χ4v) is 2.81. The predicted octanol–water partition coefficient (Wildman–Crippen LogP) is 1.62. The predicted molar refractivity (Wildman–Crippen MR) is 95.7 cm³/mol. The highest BCUT2D eigenvalue weighted by atomic mass is 19.1. The van der Waals surface area contributed by atoms with E-state index < -0.39 is 17.6 Å². The summed E-state index contributed by atoms with van der Waals surface area (Å²) >= 11 is 0. The largest absolute Gasteiger partial charge is 0.469 e. The van der Waals surface area contributed by atoms with Gasteiger partial charge in [-0.05, 0) is 31.5 Å². The van der Waals surface area contributed by atoms with Gasteiger partial charge in [0.2, 0.25) is 5.95 Å². The molecule has 0 radical (unpaired) electrons. The Balaban J connectivity index is 1.94. The molecule has 0 saturated heterocycles. The second-order valence-electron chi connectivity index (χ2n) is 6.00. The lowest BCUT2D eigenvalue weighted by atomic mass is 10.00. The highest BCUT2D eigenvalue weighted by Gasteiger charge is 2.24. The van der Waals surface area contributed by atoms with Crippen LogP contribution in [-0.4, -0.2) is 43.7 Å². The number of halogens is 1. The van der Waals surface area contributed by atoms with Gasteiger partial charge in [0.05, 0.1) is 18.6 Å². The number of hydrogen-bond acceptors (Lipinski definition) is 7. The standard InChI is InChI=1S/C17H19FN6O3/c1-4-11(9(2)16(25)27-3)20-12-7-8-19-15(21-12)10-5-6-13-22-23-17(26)24(13)14(10)18/h5-9,11H,4H2,1-3H3,(H,23,26)(H,19,20,21)/t9-,11-/m1/s1. The number of rotatable bonds is 6. The van der Waals surface area contributed by atoms with E-state index in [1.807, 2.05) is 6.92 Å². The third-order valence-corrected chi connectivity index (χ3v) is 4.36. The number of aromatic nitrogens is 5. The van der Waals surface area contributed by atoms with Gasteiger partial charge in [0, 0.05) is 12.2 Å². The maximum atomic E-state index is 14.7. The quantitative estimate of drug-likeness (QED) is 0.498. The molecule has 2 atom stereocenters. The number of pyridine rings is 1. The van der Waals surface area contributed by atoms with Gasteiger partial charge >= 0.3 is 11.7 Å². The monoisotopic (exact) mass is 374 g/mol. The first-order chi connectivity index (χ1) is 13.0. The van der Waals surface area contributed by atoms with E-state index in [0.29, 0.717) is 12.2 Å². The summed E-state index contributed by atoms with van der Waals surface area (Å²) in [4.78, 5) is 31.9. The average molecular weight is 374 g/mol. The number of ether oxygens (including phenoxy) is 1. The number of esters is 1. The molecule has 3 aromatic heterocycles. The summed E-state index contributed by atoms with van der Waals surface area (Å²) < 4.78 is 20.3. The minimum Gasteiger partial charge on any atom is -0.469 e. The van der Waals surface area contributed by atoms with E-state index in [2.05, 4.69) is 25.5 Å². The van der Waals surface area contributed by atoms with Crippen molar-refractivity contribution in [3.63, 3.8) is 0 Å². The Morgan fingerprint density at radius 3 is 2.89 bits per heavy atom. The number of H-pyrrole nitrogens is 1. The van der Waals surface area contributed by atoms with Crippen LogP contribution in [0.2, 0.25) is 0 Å². The topological polar surface area (TPSA) is 114 Å². The van der Waals surface area contributed by atoms with Crippen LogP contribution in [0.1, 0.15) is 20.3 Å². The van der Waals surface area contributed by atoms with Gasteiger partial charge in [-0.1, -0.05) is 6.92 Å². The van der Waals surface area contributed by atoms with Gasteiger partial charge in [0.1, 0.15) is 5.82 Å². The smallest absolute Gasteiger partial charge is 0.350 e. The fourth-order valence-electron chi connectivity index (χ4n) is 2.81. The molecule has 0 spiro atoms. The Bertz CT molecular complexity index is 1030. The Morgan fingerprint density at radius 1 is 1.41 bits per heavy atom. The first kappa shape index (κ1) is 18.5. The van der Waals surface area contributed by atoms with Crippen molar-refractivity contribution >= 4 is 17.4 Å². The zero-order valence-electron chi connectivity index (χ0n) is 15.1. The third-order valence-electron chi connectivity index (χ3n) is 4.36. The summed E-state index contributed by atoms with van der Waals surface area (Å²) in [7, 11) is 1.34. The third kappa shape index (κ3) is 3.50. The molecule has 0 aliphatic rings. The molecule has 3 rings (SSSR count). The molecule has 0 aliphatic heterocycles. The molecule has 3 aromatic rings. The second-order valence-corrected chi connectivity index (χ2v) is 6.00. The van der Waals surface area contributed by atoms with E-state index in [1.165, 1.54) is 25.4 Å². The van der Waals surface area contributed by atoms with Crippen LogP contribution in [0.3, 0.4) is 0 Å². The molecule has 0 unspecified atom stereocenters. The van der Waals surface area contributed by atoms with Crippen molar-refractivity contribution < 1.29 is 13.9 Å². The SMILES string of the molecule is CC[C@@H](Nc1ccnc(-c2ccc3n[nH]c(=O)n3c2F)n1)[C@@H](C)C(=O)OC. The van der Waals surface area contributed by atoms with Crippen molar-refractivity contribution in [2.75, 3.05) is 12.4 Å². The zero-order chi connectivity index (χ0) is 19.6. The number of carbonyl (C=O) groups is 1. The normalized spacial score (nSPS) is 13.3. The zero-order valence-corrected chi connectivity index (χ0v) is 15.1. The summed E-state index contributed by atoms with van der Waals surface area (Å²) in [5, 5.41) is 9.06. The molecular weight excluding hydrogens is 355 g/mol. The summed E-state index contributed by atoms with van der Waals surface area (Å²) in [6.07, 6.45) is 2.13. The lowest BCUT2D eigenvalue weighted by Gasteiger charge is -2.22. The number of nitrogens with zero attached hydrogens (tertiary/aromatic N) is 4. The summed E-state index contributed by atoms with van der Waals surface area (Å²) in [6.45, 7) is 3.69. The van der Waals surface area contributed by atoms with E-state index in [0.717, 1.165) is 4.40 Å². The average Bonchev–Trinajstić information content (AvgIpc) is 3.07. The van der Waals surface area contributed by atoms with Crippen molar-refractivity contribution in [3.05, 3.63) is 40.8 Å². The molecular formula is C17H19FN6O3. The first-order valence-corrected chi connectivity index (χ1v) is 8.39. The van der Waals surface area contributed by atoms with Crippen LogP contribution in [-0.2, 0) is 9.53 Å². The minimum absolute atomic E-state index is 0.0590. The van der Waals surface area contributed by atoms with E-state index in [-0.39, 0.29) is 29.0 Å². The van der Waals surface area contributed by atoms with Crippen molar-refractivity contribution in [3.8, 4) is 11.4 Å². The van der Waals surface area contributed by atoms with Crippen LogP contribution in [0.5, 0.6) is 0 Å². The second kappa shape index (κ2) is 7.52. The van der Waals surface area contributed by atoms with Crippen molar-refractivity contribution in [2.45, 2.75) is 26.3 Å². The van der Waals surface area contributed by atoms with Gasteiger partial charge in [0.15, 0.2) is 11.5 Å². The maximum Gasteiger partial charge on any atom is 0.350 e. The molecule has 0 aliphatic carbocycles. The molecule has 0 aromatic carbocycles. The Morgan fingerprint density at radius 2 is 2.19 bits per heavy atom. The summed E-state index contributed by atoms with van der Waals surface area (Å²) in [6, 6.07) is 4.35. The summed E-state index contributed by atoms with van der Waals surface area (Å²) in [5.74, 6) is -0.997. The van der Waals surface area contributed by atoms with Gasteiger partial charge in [0.25, 0.3) is 0 Å². The molecule has 0 amide bonds. The lowest BCUT2D eigenvalue weighted by molar-refractivity contribution is -0.145. The molecule has 2 N–H and O–H groups in total. The number of fused-ring (bicyclic) bond motifs is 1. The number of anilines is 1. The van der Waals surface area contributed by atoms with Crippen LogP contribution in [0.4, 0.5) is 10.2 Å². The molecule has 0 fully saturated rings. The molecule has 27 heavy (non-hydrogen) atoms. The van der Waals surface area contributed by atoms with Crippen molar-refractivity contribution in [1.82, 2.24) is 24.6 Å². The maximum absolute atomic E-state index is 14.7. The molecule has 3 heterocycles. The van der Waals surface area contributed by atoms with E-state index in [1.54, 1.807) is 13.0 Å². The molecule has 0 bridgehead atoms. The number of nitrogens with one attached hydrogen (secondary N) is 2. The first-order valence-electron chi connectivity index (χ1n) is 8.39. The molecule has 142 valence electrons. The number of carbonyl (C=O) groups excluding carboxylic acids is 1. The van der Waals surface area contributed by atoms with E-state index in [9.17, 15) is 14.0 Å². The Labute approximate surface area is 153 Å². The van der Waals surface area contributed by atoms with Gasteiger partial charge in [-0.3, -0.25) is 4.79 Å². The number of hydrogen-bond donors (Lipinski definition) is 2. The van der Waals surface area contributed by atoms with Gasteiger partial charge < -0.3 is 10.1 Å². The highest BCUT2D eigenvalue weighted by molar-refractivity contribution is 5.73. The molecule has 0 saturated carbocycles. The van der Waals surface area contributed by atoms with Crippen molar-refractivity contribution in [2.24, 2.45) is 5.92 Å². The molecule has 9 nitrogen and oxygen atoms in total. The minimum atomic E-state index is -0.807. The van der Waals surface area contributed by atoms with Gasteiger partial charge in [-0.2, -0.15) is 9.49 Å². The fraction of sp³-hybridized carbons (Fsp3) is 0.353. The van der Waals surface area contributed by atoms with Crippen LogP contribution in [0.15, 0.2) is 29.2 Å². The van der Waals surface area contributed by atoms with Gasteiger partial charge in [-0.25, -0.2) is 24.3 Å². The Hall–Kier alpha value is -3.30. The van der Waals surface area contributed by atoms with E-state index in [4.69, 9.17) is 4.74 Å². The molecule has 10 heteroatoms. The number of methoxy groups -OCH3 is 1. The van der Waals surface area contributed by atoms with Crippen molar-refractivity contribution in [1.29, 1.82) is 0 Å². The Kier molecular flexibility index (Phi) is 5.15. The number of aromatic amines is 1. The van der Waals surface area contributed by atoms with E-state index >= 15 is 0 Å². The van der Waals surface area contributed by atoms with Gasteiger partial charge in [-0.15, -0.1) is 0 Å². The highest BCUT2D eigenvalue weighted by Crippen LogP contribution is 2.21. The van der Waals surface area contributed by atoms with Crippen LogP contribution in [0, 0.1) is 11.9 Å². The van der Waals surface area contributed by atoms with Crippen LogP contribution in [0.25, 0.3) is 17.0 Å². The summed E-state index contributed by atoms with van der Waals surface area (Å²) in [5.41, 5.74) is -0.464. The lowest BCUT2D eigenvalue weighted by Crippen LogP contribution is -2.33.